The van der Waals surface area contributed by atoms with Crippen LogP contribution in [0.4, 0.5) is 10.5 Å². The van der Waals surface area contributed by atoms with Gasteiger partial charge in [0.25, 0.3) is 5.69 Å². The van der Waals surface area contributed by atoms with Crippen molar-refractivity contribution in [2.75, 3.05) is 6.54 Å². The lowest BCUT2D eigenvalue weighted by Gasteiger charge is -2.23. The molecule has 0 aliphatic carbocycles. The molecule has 25 heavy (non-hydrogen) atoms. The van der Waals surface area contributed by atoms with E-state index in [1.54, 1.807) is 45.0 Å². The number of rotatable bonds is 6. The molecule has 3 N–H and O–H groups in total. The topological polar surface area (TPSA) is 118 Å². The number of aliphatic hydroxyl groups is 1. The summed E-state index contributed by atoms with van der Waals surface area (Å²) in [7, 11) is 0. The van der Waals surface area contributed by atoms with Crippen LogP contribution in [0.2, 0.25) is 0 Å². The van der Waals surface area contributed by atoms with Gasteiger partial charge in [0, 0.05) is 17.2 Å². The number of carbonyl (C=O) groups is 1. The van der Waals surface area contributed by atoms with E-state index in [-0.39, 0.29) is 18.8 Å². The van der Waals surface area contributed by atoms with E-state index >= 15 is 0 Å². The molecule has 134 valence electrons. The van der Waals surface area contributed by atoms with Gasteiger partial charge in [0.15, 0.2) is 0 Å². The zero-order valence-corrected chi connectivity index (χ0v) is 14.3. The Morgan fingerprint density at radius 2 is 2.00 bits per heavy atom. The Kier molecular flexibility index (Phi) is 5.43. The molecule has 0 saturated heterocycles. The summed E-state index contributed by atoms with van der Waals surface area (Å²) in [5.41, 5.74) is -0.350. The summed E-state index contributed by atoms with van der Waals surface area (Å²) in [5.74, 6) is 1.26. The lowest BCUT2D eigenvalue weighted by Crippen LogP contribution is -2.43. The van der Waals surface area contributed by atoms with Crippen molar-refractivity contribution in [1.82, 2.24) is 10.6 Å². The van der Waals surface area contributed by atoms with Gasteiger partial charge in [-0.3, -0.25) is 10.1 Å². The highest BCUT2D eigenvalue weighted by Crippen LogP contribution is 2.26. The molecule has 0 aliphatic rings. The highest BCUT2D eigenvalue weighted by atomic mass is 16.6. The predicted octanol–water partition coefficient (Wildman–Crippen LogP) is 2.51. The second-order valence-corrected chi connectivity index (χ2v) is 6.02. The third-order valence-electron chi connectivity index (χ3n) is 3.84. The maximum Gasteiger partial charge on any atom is 0.315 e. The number of nitro benzene ring substituents is 1. The molecular weight excluding hydrogens is 326 g/mol. The second-order valence-electron chi connectivity index (χ2n) is 6.02. The maximum absolute atomic E-state index is 11.9. The van der Waals surface area contributed by atoms with Crippen molar-refractivity contribution < 1.29 is 19.2 Å². The summed E-state index contributed by atoms with van der Waals surface area (Å²) in [6.45, 7) is 5.07. The van der Waals surface area contributed by atoms with Gasteiger partial charge in [-0.25, -0.2) is 4.79 Å². The lowest BCUT2D eigenvalue weighted by molar-refractivity contribution is -0.385. The van der Waals surface area contributed by atoms with Gasteiger partial charge in [0.05, 0.1) is 18.0 Å². The fourth-order valence-corrected chi connectivity index (χ4v) is 2.59. The molecule has 0 bridgehead atoms. The number of hydrogen-bond donors (Lipinski definition) is 3. The Balaban J connectivity index is 1.93. The smallest absolute Gasteiger partial charge is 0.315 e. The fraction of sp³-hybridized carbons (Fsp3) is 0.353. The molecule has 1 aromatic heterocycles. The largest absolute Gasteiger partial charge is 0.466 e. The molecule has 2 aromatic rings. The number of aryl methyl sites for hydroxylation is 2. The van der Waals surface area contributed by atoms with Gasteiger partial charge in [-0.05, 0) is 26.8 Å². The summed E-state index contributed by atoms with van der Waals surface area (Å²) < 4.78 is 5.40. The van der Waals surface area contributed by atoms with Crippen LogP contribution >= 0.6 is 0 Å². The Morgan fingerprint density at radius 3 is 2.60 bits per heavy atom. The monoisotopic (exact) mass is 347 g/mol. The number of para-hydroxylation sites is 1. The summed E-state index contributed by atoms with van der Waals surface area (Å²) in [4.78, 5) is 22.4. The van der Waals surface area contributed by atoms with Gasteiger partial charge < -0.3 is 20.2 Å². The van der Waals surface area contributed by atoms with E-state index in [0.717, 1.165) is 0 Å². The normalized spacial score (nSPS) is 13.1. The van der Waals surface area contributed by atoms with Gasteiger partial charge in [-0.1, -0.05) is 18.2 Å². The van der Waals surface area contributed by atoms with Gasteiger partial charge in [0.1, 0.15) is 17.1 Å². The van der Waals surface area contributed by atoms with Gasteiger partial charge >= 0.3 is 6.03 Å². The van der Waals surface area contributed by atoms with Crippen molar-refractivity contribution in [2.45, 2.75) is 32.9 Å². The lowest BCUT2D eigenvalue weighted by atomic mass is 9.96. The molecule has 8 nitrogen and oxygen atoms in total. The first kappa shape index (κ1) is 18.5. The predicted molar refractivity (Wildman–Crippen MR) is 91.1 cm³/mol. The van der Waals surface area contributed by atoms with E-state index in [1.807, 2.05) is 0 Å². The zero-order valence-electron chi connectivity index (χ0n) is 14.3. The second kappa shape index (κ2) is 7.35. The Hall–Kier alpha value is -2.87. The number of benzene rings is 1. The summed E-state index contributed by atoms with van der Waals surface area (Å²) in [5, 5.41) is 26.6. The number of urea groups is 1. The van der Waals surface area contributed by atoms with E-state index in [1.165, 1.54) is 6.07 Å². The molecule has 0 saturated carbocycles. The molecular formula is C17H21N3O5. The number of nitrogens with one attached hydrogen (secondary N) is 2. The zero-order chi connectivity index (χ0) is 18.6. The van der Waals surface area contributed by atoms with Crippen LogP contribution in [0.3, 0.4) is 0 Å². The van der Waals surface area contributed by atoms with Gasteiger partial charge in [-0.15, -0.1) is 0 Å². The van der Waals surface area contributed by atoms with Gasteiger partial charge in [-0.2, -0.15) is 0 Å². The highest BCUT2D eigenvalue weighted by molar-refractivity contribution is 5.74. The summed E-state index contributed by atoms with van der Waals surface area (Å²) in [6.07, 6.45) is 0. The molecule has 8 heteroatoms. The molecule has 0 aliphatic heterocycles. The molecule has 0 radical (unpaired) electrons. The molecule has 1 heterocycles. The van der Waals surface area contributed by atoms with Crippen molar-refractivity contribution in [3.05, 3.63) is 63.1 Å². The summed E-state index contributed by atoms with van der Waals surface area (Å²) >= 11 is 0. The van der Waals surface area contributed by atoms with Crippen molar-refractivity contribution in [3.63, 3.8) is 0 Å². The highest BCUT2D eigenvalue weighted by Gasteiger charge is 2.28. The third kappa shape index (κ3) is 4.57. The number of hydrogen-bond acceptors (Lipinski definition) is 5. The van der Waals surface area contributed by atoms with E-state index in [9.17, 15) is 20.0 Å². The average molecular weight is 347 g/mol. The fourth-order valence-electron chi connectivity index (χ4n) is 2.59. The standard InChI is InChI=1S/C17H21N3O5/c1-11-8-14(12(2)25-11)17(3,22)10-19-16(21)18-9-13-6-4-5-7-15(13)20(23)24/h4-8,22H,9-10H2,1-3H3,(H2,18,19,21). The first-order valence-corrected chi connectivity index (χ1v) is 7.74. The molecule has 1 aromatic carbocycles. The van der Waals surface area contributed by atoms with E-state index in [2.05, 4.69) is 10.6 Å². The number of nitrogens with zero attached hydrogens (tertiary/aromatic N) is 1. The van der Waals surface area contributed by atoms with Gasteiger partial charge in [0.2, 0.25) is 0 Å². The van der Waals surface area contributed by atoms with Crippen molar-refractivity contribution in [2.24, 2.45) is 0 Å². The third-order valence-corrected chi connectivity index (χ3v) is 3.84. The van der Waals surface area contributed by atoms with E-state index < -0.39 is 16.6 Å². The van der Waals surface area contributed by atoms with Crippen molar-refractivity contribution >= 4 is 11.7 Å². The van der Waals surface area contributed by atoms with Crippen LogP contribution in [0, 0.1) is 24.0 Å². The molecule has 0 fully saturated rings. The molecule has 1 atom stereocenters. The van der Waals surface area contributed by atoms with E-state index in [4.69, 9.17) is 4.42 Å². The average Bonchev–Trinajstić information content (AvgIpc) is 2.90. The van der Waals surface area contributed by atoms with Crippen LogP contribution in [0.15, 0.2) is 34.7 Å². The molecule has 2 rings (SSSR count). The number of amides is 2. The molecule has 2 amide bonds. The number of nitro groups is 1. The van der Waals surface area contributed by atoms with E-state index in [0.29, 0.717) is 22.6 Å². The Labute approximate surface area is 145 Å². The van der Waals surface area contributed by atoms with Crippen LogP contribution < -0.4 is 10.6 Å². The first-order valence-electron chi connectivity index (χ1n) is 7.74. The maximum atomic E-state index is 11.9. The summed E-state index contributed by atoms with van der Waals surface area (Å²) in [6, 6.07) is 7.37. The van der Waals surface area contributed by atoms with Crippen LogP contribution in [0.5, 0.6) is 0 Å². The minimum absolute atomic E-state index is 0.00890. The van der Waals surface area contributed by atoms with Crippen molar-refractivity contribution in [1.29, 1.82) is 0 Å². The first-order chi connectivity index (χ1) is 11.7. The Bertz CT molecular complexity index is 782. The number of furan rings is 1. The van der Waals surface area contributed by atoms with Crippen LogP contribution in [0.1, 0.15) is 29.6 Å². The van der Waals surface area contributed by atoms with Crippen LogP contribution in [0.25, 0.3) is 0 Å². The minimum atomic E-state index is -1.29. The minimum Gasteiger partial charge on any atom is -0.466 e. The number of carbonyl (C=O) groups excluding carboxylic acids is 1. The van der Waals surface area contributed by atoms with Crippen molar-refractivity contribution in [3.8, 4) is 0 Å². The Morgan fingerprint density at radius 1 is 1.32 bits per heavy atom. The quantitative estimate of drug-likeness (QED) is 0.548. The van der Waals surface area contributed by atoms with Crippen LogP contribution in [-0.2, 0) is 12.1 Å². The molecule has 1 unspecified atom stereocenters. The molecule has 0 spiro atoms. The van der Waals surface area contributed by atoms with Crippen LogP contribution in [-0.4, -0.2) is 22.6 Å². The SMILES string of the molecule is Cc1cc(C(C)(O)CNC(=O)NCc2ccccc2[N+](=O)[O-])c(C)o1.